The van der Waals surface area contributed by atoms with Gasteiger partial charge in [0.1, 0.15) is 41.5 Å². The molecule has 0 atom stereocenters. The van der Waals surface area contributed by atoms with Crippen LogP contribution in [0.15, 0.2) is 47.5 Å². The van der Waals surface area contributed by atoms with Gasteiger partial charge in [-0.3, -0.25) is 4.99 Å². The zero-order valence-corrected chi connectivity index (χ0v) is 22.1. The van der Waals surface area contributed by atoms with Crippen LogP contribution in [0.25, 0.3) is 17.0 Å². The number of nitrogens with two attached hydrogens (primary N) is 1. The number of nitrogens with zero attached hydrogens (tertiary/aromatic N) is 5. The number of aryl methyl sites for hydroxylation is 1. The smallest absolute Gasteiger partial charge is 0.434 e. The molecule has 15 heteroatoms. The lowest BCUT2D eigenvalue weighted by Gasteiger charge is -2.24. The van der Waals surface area contributed by atoms with Crippen LogP contribution in [0.1, 0.15) is 29.9 Å². The van der Waals surface area contributed by atoms with E-state index in [0.717, 1.165) is 19.0 Å². The monoisotopic (exact) mass is 546 g/mol. The van der Waals surface area contributed by atoms with E-state index in [-0.39, 0.29) is 41.7 Å². The van der Waals surface area contributed by atoms with Gasteiger partial charge in [-0.1, -0.05) is 24.3 Å². The molecule has 1 aliphatic rings. The summed E-state index contributed by atoms with van der Waals surface area (Å²) in [6.45, 7) is -0.00959. The molecule has 40 heavy (non-hydrogen) atoms. The van der Waals surface area contributed by atoms with Crippen molar-refractivity contribution in [2.45, 2.75) is 30.9 Å². The summed E-state index contributed by atoms with van der Waals surface area (Å²) in [5, 5.41) is -2.05. The molecule has 1 fully saturated rings. The molecule has 6 radical (unpaired) electrons. The molecule has 0 bridgehead atoms. The van der Waals surface area contributed by atoms with E-state index in [4.69, 9.17) is 43.5 Å². The lowest BCUT2D eigenvalue weighted by Crippen LogP contribution is -2.37. The molecule has 0 amide bonds. The van der Waals surface area contributed by atoms with Crippen molar-refractivity contribution in [2.75, 3.05) is 14.2 Å². The predicted molar refractivity (Wildman–Crippen MR) is 145 cm³/mol. The van der Waals surface area contributed by atoms with Crippen LogP contribution in [0.2, 0.25) is 0 Å². The Labute approximate surface area is 233 Å². The van der Waals surface area contributed by atoms with Crippen molar-refractivity contribution in [2.24, 2.45) is 23.7 Å². The third kappa shape index (κ3) is 6.81. The molecule has 0 spiro atoms. The quantitative estimate of drug-likeness (QED) is 0.237. The number of imidazole rings is 1. The van der Waals surface area contributed by atoms with Crippen molar-refractivity contribution in [3.8, 4) is 23.0 Å². The summed E-state index contributed by atoms with van der Waals surface area (Å²) in [5.74, 6) is 0.559. The number of hydrogen-bond acceptors (Lipinski definition) is 8. The highest BCUT2D eigenvalue weighted by atomic mass is 19.4. The van der Waals surface area contributed by atoms with Gasteiger partial charge in [0, 0.05) is 31.8 Å². The Bertz CT molecular complexity index is 1430. The maximum absolute atomic E-state index is 13.0. The Hall–Kier alpha value is -3.90. The van der Waals surface area contributed by atoms with Crippen LogP contribution in [0, 0.1) is 5.92 Å². The van der Waals surface area contributed by atoms with Crippen molar-refractivity contribution in [1.29, 1.82) is 0 Å². The zero-order valence-electron chi connectivity index (χ0n) is 22.1. The van der Waals surface area contributed by atoms with E-state index in [9.17, 15) is 13.2 Å². The molecule has 2 heterocycles. The van der Waals surface area contributed by atoms with Crippen LogP contribution >= 0.6 is 0 Å². The molecule has 0 aliphatic heterocycles. The summed E-state index contributed by atoms with van der Waals surface area (Å²) < 4.78 is 57.0. The predicted octanol–water partition coefficient (Wildman–Crippen LogP) is 2.73. The van der Waals surface area contributed by atoms with Gasteiger partial charge in [0.25, 0.3) is 5.88 Å². The molecular formula is C25H24B3F3N6O3. The minimum atomic E-state index is -4.54. The summed E-state index contributed by atoms with van der Waals surface area (Å²) in [6, 6.07) is 6.63. The van der Waals surface area contributed by atoms with Crippen LogP contribution < -0.4 is 15.2 Å². The maximum atomic E-state index is 13.0. The highest BCUT2D eigenvalue weighted by molar-refractivity contribution is 6.58. The summed E-state index contributed by atoms with van der Waals surface area (Å²) in [4.78, 5) is 16.9. The number of allylic oxidation sites excluding steroid dienone is 1. The summed E-state index contributed by atoms with van der Waals surface area (Å²) in [5.41, 5.74) is 7.44. The molecule has 4 rings (SSSR count). The molecule has 3 aromatic rings. The van der Waals surface area contributed by atoms with Crippen molar-refractivity contribution in [1.82, 2.24) is 19.5 Å². The van der Waals surface area contributed by atoms with E-state index >= 15 is 0 Å². The maximum Gasteiger partial charge on any atom is 0.434 e. The number of rotatable bonds is 10. The van der Waals surface area contributed by atoms with Crippen LogP contribution in [-0.4, -0.2) is 68.2 Å². The van der Waals surface area contributed by atoms with Gasteiger partial charge < -0.3 is 24.5 Å². The highest BCUT2D eigenvalue weighted by Gasteiger charge is 2.35. The van der Waals surface area contributed by atoms with E-state index in [2.05, 4.69) is 19.9 Å². The molecule has 1 aliphatic carbocycles. The van der Waals surface area contributed by atoms with Crippen LogP contribution in [-0.2, 0) is 24.6 Å². The Kier molecular flexibility index (Phi) is 8.22. The largest absolute Gasteiger partial charge is 0.510 e. The topological polar surface area (TPSA) is 110 Å². The summed E-state index contributed by atoms with van der Waals surface area (Å²) >= 11 is 0. The van der Waals surface area contributed by atoms with E-state index in [1.54, 1.807) is 31.3 Å². The van der Waals surface area contributed by atoms with Crippen LogP contribution in [0.3, 0.4) is 0 Å². The number of halogens is 3. The first-order chi connectivity index (χ1) is 18.8. The molecular weight excluding hydrogens is 522 g/mol. The second-order valence-corrected chi connectivity index (χ2v) is 9.19. The van der Waals surface area contributed by atoms with Crippen molar-refractivity contribution < 1.29 is 27.4 Å². The zero-order chi connectivity index (χ0) is 29.2. The highest BCUT2D eigenvalue weighted by Crippen LogP contribution is 2.37. The molecule has 9 nitrogen and oxygen atoms in total. The number of benzene rings is 1. The second kappa shape index (κ2) is 11.3. The molecule has 2 N–H and O–H groups in total. The molecule has 1 aromatic carbocycles. The van der Waals surface area contributed by atoms with E-state index < -0.39 is 17.2 Å². The third-order valence-electron chi connectivity index (χ3n) is 5.91. The Morgan fingerprint density at radius 3 is 2.35 bits per heavy atom. The Morgan fingerprint density at radius 2 is 1.82 bits per heavy atom. The molecule has 2 aromatic heterocycles. The number of methoxy groups -OCH3 is 1. The SMILES string of the molecule is [B]C([B])([B])Oc1cnc(C(C(=NC)C2CC2)=C(N)OC)nc1OCc1ccc(-c2nc(C(F)(F)F)cn2C)cc1. The van der Waals surface area contributed by atoms with E-state index in [1.165, 1.54) is 24.9 Å². The first kappa shape index (κ1) is 29.1. The minimum absolute atomic E-state index is 0.00959. The van der Waals surface area contributed by atoms with Crippen molar-refractivity contribution in [3.05, 3.63) is 59.6 Å². The van der Waals surface area contributed by atoms with Gasteiger partial charge in [0.05, 0.1) is 19.0 Å². The van der Waals surface area contributed by atoms with Crippen LogP contribution in [0.4, 0.5) is 13.2 Å². The number of hydrogen-bond donors (Lipinski definition) is 1. The molecule has 202 valence electrons. The molecule has 1 saturated carbocycles. The van der Waals surface area contributed by atoms with Gasteiger partial charge in [-0.2, -0.15) is 18.2 Å². The van der Waals surface area contributed by atoms with Crippen LogP contribution in [0.5, 0.6) is 11.6 Å². The minimum Gasteiger partial charge on any atom is -0.510 e. The fourth-order valence-corrected chi connectivity index (χ4v) is 3.92. The first-order valence-electron chi connectivity index (χ1n) is 12.1. The second-order valence-electron chi connectivity index (χ2n) is 9.19. The average Bonchev–Trinajstić information content (AvgIpc) is 3.65. The van der Waals surface area contributed by atoms with E-state index in [1.807, 2.05) is 0 Å². The first-order valence-corrected chi connectivity index (χ1v) is 12.1. The number of ether oxygens (including phenoxy) is 3. The van der Waals surface area contributed by atoms with Gasteiger partial charge in [0.15, 0.2) is 23.2 Å². The normalized spacial score (nSPS) is 15.0. The lowest BCUT2D eigenvalue weighted by atomic mass is 9.52. The van der Waals surface area contributed by atoms with Gasteiger partial charge in [-0.25, -0.2) is 9.97 Å². The third-order valence-corrected chi connectivity index (χ3v) is 5.91. The number of alkyl halides is 3. The van der Waals surface area contributed by atoms with Crippen molar-refractivity contribution in [3.63, 3.8) is 0 Å². The van der Waals surface area contributed by atoms with Gasteiger partial charge >= 0.3 is 6.18 Å². The molecule has 0 saturated heterocycles. The summed E-state index contributed by atoms with van der Waals surface area (Å²) in [7, 11) is 21.4. The fraction of sp³-hybridized carbons (Fsp3) is 0.360. The number of aliphatic imine (C=N–C) groups is 1. The van der Waals surface area contributed by atoms with Crippen molar-refractivity contribution >= 4 is 34.8 Å². The molecule has 0 unspecified atom stereocenters. The van der Waals surface area contributed by atoms with Gasteiger partial charge in [0.2, 0.25) is 0 Å². The standard InChI is InChI=1S/C25H24B3F3N6O3/c1-33-19(14-8-9-14)18(20(32)38-3)21-34-10-16(40-25(26,27)28)23(36-21)39-12-13-4-6-15(7-5-13)22-35-17(11-37(22)2)24(29,30)31/h4-7,10-11,14H,8-9,12,32H2,1-3H3. The Balaban J connectivity index is 1.62. The van der Waals surface area contributed by atoms with E-state index in [0.29, 0.717) is 22.4 Å². The Morgan fingerprint density at radius 1 is 1.15 bits per heavy atom. The van der Waals surface area contributed by atoms with Gasteiger partial charge in [-0.15, -0.1) is 0 Å². The van der Waals surface area contributed by atoms with Gasteiger partial charge in [-0.05, 0) is 23.7 Å². The average molecular weight is 546 g/mol. The number of aromatic nitrogens is 4. The fourth-order valence-electron chi connectivity index (χ4n) is 3.92. The summed E-state index contributed by atoms with van der Waals surface area (Å²) in [6.07, 6.45) is -0.424. The lowest BCUT2D eigenvalue weighted by molar-refractivity contribution is -0.140.